The van der Waals surface area contributed by atoms with Gasteiger partial charge in [0.2, 0.25) is 5.91 Å². The Morgan fingerprint density at radius 2 is 1.93 bits per heavy atom. The van der Waals surface area contributed by atoms with Crippen molar-refractivity contribution in [2.75, 3.05) is 40.0 Å². The van der Waals surface area contributed by atoms with Gasteiger partial charge in [-0.25, -0.2) is 4.79 Å². The molecule has 2 aliphatic carbocycles. The minimum Gasteiger partial charge on any atom is -0.493 e. The Hall–Kier alpha value is -3.58. The highest BCUT2D eigenvalue weighted by molar-refractivity contribution is 6.30. The van der Waals surface area contributed by atoms with Crippen molar-refractivity contribution in [1.82, 2.24) is 20.5 Å². The van der Waals surface area contributed by atoms with Crippen LogP contribution in [-0.2, 0) is 9.53 Å². The summed E-state index contributed by atoms with van der Waals surface area (Å²) < 4.78 is 22.8. The molecular formula is C30H37ClN4O8. The summed E-state index contributed by atoms with van der Waals surface area (Å²) in [5.74, 6) is 1.64. The summed E-state index contributed by atoms with van der Waals surface area (Å²) in [6, 6.07) is 4.83. The van der Waals surface area contributed by atoms with E-state index in [1.807, 2.05) is 6.08 Å². The van der Waals surface area contributed by atoms with E-state index in [2.05, 4.69) is 15.6 Å². The van der Waals surface area contributed by atoms with E-state index < -0.39 is 12.2 Å². The fourth-order valence-corrected chi connectivity index (χ4v) is 5.12. The van der Waals surface area contributed by atoms with E-state index in [9.17, 15) is 19.8 Å². The maximum Gasteiger partial charge on any atom is 0.315 e. The number of aliphatic hydroxyl groups is 2. The number of urea groups is 1. The molecule has 1 aliphatic heterocycles. The van der Waals surface area contributed by atoms with Crippen LogP contribution in [0.1, 0.15) is 32.1 Å². The molecule has 3 amide bonds. The molecule has 1 saturated carbocycles. The third-order valence-corrected chi connectivity index (χ3v) is 7.72. The second-order valence-corrected chi connectivity index (χ2v) is 11.2. The number of carbonyl (C=O) groups is 2. The first-order valence-electron chi connectivity index (χ1n) is 14.4. The molecule has 0 bridgehead atoms. The number of benzene rings is 1. The molecule has 12 nitrogen and oxygen atoms in total. The smallest absolute Gasteiger partial charge is 0.315 e. The van der Waals surface area contributed by atoms with E-state index in [1.165, 1.54) is 7.11 Å². The number of rotatable bonds is 12. The molecule has 1 aromatic carbocycles. The number of pyridine rings is 1. The number of fused-ring (bicyclic) bond motifs is 1. The largest absolute Gasteiger partial charge is 0.493 e. The number of methoxy groups -OCH3 is 1. The van der Waals surface area contributed by atoms with Gasteiger partial charge >= 0.3 is 6.03 Å². The molecule has 43 heavy (non-hydrogen) atoms. The number of hydrogen-bond acceptors (Lipinski definition) is 9. The summed E-state index contributed by atoms with van der Waals surface area (Å²) in [6.07, 6.45) is 5.52. The van der Waals surface area contributed by atoms with Gasteiger partial charge in [-0.05, 0) is 43.5 Å². The average molecular weight is 617 g/mol. The van der Waals surface area contributed by atoms with Gasteiger partial charge in [-0.15, -0.1) is 0 Å². The van der Waals surface area contributed by atoms with Crippen molar-refractivity contribution in [2.45, 2.75) is 56.4 Å². The van der Waals surface area contributed by atoms with E-state index in [0.717, 1.165) is 12.8 Å². The van der Waals surface area contributed by atoms with Crippen LogP contribution in [0, 0.1) is 0 Å². The molecule has 2 heterocycles. The number of halogens is 1. The predicted molar refractivity (Wildman–Crippen MR) is 158 cm³/mol. The average Bonchev–Trinajstić information content (AvgIpc) is 3.81. The molecule has 1 saturated heterocycles. The first kappa shape index (κ1) is 30.9. The van der Waals surface area contributed by atoms with E-state index in [0.29, 0.717) is 71.7 Å². The summed E-state index contributed by atoms with van der Waals surface area (Å²) in [5, 5.41) is 27.7. The zero-order valence-corrected chi connectivity index (χ0v) is 24.7. The Kier molecular flexibility index (Phi) is 10.2. The van der Waals surface area contributed by atoms with Crippen LogP contribution in [0.2, 0.25) is 0 Å². The number of hydrogen-bond donors (Lipinski definition) is 4. The molecule has 3 atom stereocenters. The lowest BCUT2D eigenvalue weighted by atomic mass is 10.1. The first-order chi connectivity index (χ1) is 20.8. The topological polar surface area (TPSA) is 152 Å². The number of nitrogens with one attached hydrogen (secondary N) is 2. The van der Waals surface area contributed by atoms with Gasteiger partial charge in [0.25, 0.3) is 0 Å². The zero-order valence-electron chi connectivity index (χ0n) is 24.0. The van der Waals surface area contributed by atoms with Gasteiger partial charge in [0.1, 0.15) is 18.1 Å². The van der Waals surface area contributed by atoms with Crippen molar-refractivity contribution >= 4 is 34.4 Å². The number of carbonyl (C=O) groups excluding carboxylic acids is 2. The Balaban J connectivity index is 1.18. The summed E-state index contributed by atoms with van der Waals surface area (Å²) >= 11 is 6.47. The lowest BCUT2D eigenvalue weighted by Gasteiger charge is -2.28. The third-order valence-electron chi connectivity index (χ3n) is 7.35. The Morgan fingerprint density at radius 1 is 1.14 bits per heavy atom. The molecule has 4 N–H and O–H groups in total. The number of aromatic nitrogens is 1. The Morgan fingerprint density at radius 3 is 2.65 bits per heavy atom. The minimum atomic E-state index is -1.01. The number of nitrogens with zero attached hydrogens (tertiary/aromatic N) is 2. The molecular weight excluding hydrogens is 580 g/mol. The van der Waals surface area contributed by atoms with E-state index >= 15 is 0 Å². The molecule has 3 unspecified atom stereocenters. The van der Waals surface area contributed by atoms with Gasteiger partial charge in [0, 0.05) is 48.2 Å². The fourth-order valence-electron chi connectivity index (χ4n) is 4.87. The van der Waals surface area contributed by atoms with Gasteiger partial charge in [-0.1, -0.05) is 11.6 Å². The van der Waals surface area contributed by atoms with Gasteiger partial charge in [0.15, 0.2) is 11.5 Å². The summed E-state index contributed by atoms with van der Waals surface area (Å²) in [6.45, 7) is 1.85. The van der Waals surface area contributed by atoms with Crippen molar-refractivity contribution in [2.24, 2.45) is 0 Å². The molecule has 0 spiro atoms. The minimum absolute atomic E-state index is 0.0189. The van der Waals surface area contributed by atoms with E-state index in [-0.39, 0.29) is 43.5 Å². The summed E-state index contributed by atoms with van der Waals surface area (Å²) in [4.78, 5) is 30.6. The summed E-state index contributed by atoms with van der Waals surface area (Å²) in [7, 11) is 1.50. The standard InChI is InChI=1S/C30H37ClN4O8/c1-40-27-15-22-25(16-28(27)42-17-20(37)12-19(36)13-29(38)35-8-10-41-11-9-35)32-7-6-26(22)43-21-4-5-24(23(31)14-21)34-30(39)33-18-2-3-18/h4,6-7,14-16,18-20,24,36-37H,2-3,5,8-13,17H2,1H3,(H2,33,34,39). The van der Waals surface area contributed by atoms with Gasteiger partial charge in [-0.3, -0.25) is 9.78 Å². The number of morpholine rings is 1. The second-order valence-electron chi connectivity index (χ2n) is 10.8. The molecule has 13 heteroatoms. The highest BCUT2D eigenvalue weighted by Crippen LogP contribution is 2.37. The molecule has 5 rings (SSSR count). The Bertz CT molecular complexity index is 1380. The molecule has 3 aliphatic rings. The number of amides is 3. The van der Waals surface area contributed by atoms with E-state index in [1.54, 1.807) is 35.4 Å². The van der Waals surface area contributed by atoms with Crippen LogP contribution >= 0.6 is 11.6 Å². The van der Waals surface area contributed by atoms with Crippen molar-refractivity contribution in [3.8, 4) is 17.2 Å². The second kappa shape index (κ2) is 14.3. The van der Waals surface area contributed by atoms with Gasteiger partial charge in [0.05, 0.1) is 50.5 Å². The third kappa shape index (κ3) is 8.50. The van der Waals surface area contributed by atoms with Gasteiger partial charge < -0.3 is 44.7 Å². The normalized spacial score (nSPS) is 20.0. The Labute approximate surface area is 254 Å². The predicted octanol–water partition coefficient (Wildman–Crippen LogP) is 2.60. The molecule has 2 fully saturated rings. The highest BCUT2D eigenvalue weighted by atomic mass is 35.5. The molecule has 232 valence electrons. The monoisotopic (exact) mass is 616 g/mol. The first-order valence-corrected chi connectivity index (χ1v) is 14.8. The van der Waals surface area contributed by atoms with Crippen LogP contribution in [0.15, 0.2) is 47.3 Å². The lowest BCUT2D eigenvalue weighted by molar-refractivity contribution is -0.137. The van der Waals surface area contributed by atoms with Crippen LogP contribution in [0.5, 0.6) is 17.2 Å². The quantitative estimate of drug-likeness (QED) is 0.282. The zero-order chi connectivity index (χ0) is 30.3. The maximum atomic E-state index is 12.4. The molecule has 0 radical (unpaired) electrons. The number of allylic oxidation sites excluding steroid dienone is 1. The van der Waals surface area contributed by atoms with Crippen LogP contribution in [-0.4, -0.2) is 96.3 Å². The molecule has 2 aromatic rings. The van der Waals surface area contributed by atoms with Crippen molar-refractivity contribution in [1.29, 1.82) is 0 Å². The van der Waals surface area contributed by atoms with Crippen molar-refractivity contribution in [3.63, 3.8) is 0 Å². The van der Waals surface area contributed by atoms with Crippen LogP contribution in [0.3, 0.4) is 0 Å². The fraction of sp³-hybridized carbons (Fsp3) is 0.500. The summed E-state index contributed by atoms with van der Waals surface area (Å²) in [5.41, 5.74) is 0.571. The SMILES string of the molecule is COc1cc2c(OC3=CCC(NC(=O)NC4CC4)C(Cl)=C3)ccnc2cc1OCC(O)CC(O)CC(=O)N1CCOCC1. The maximum absolute atomic E-state index is 12.4. The molecule has 1 aromatic heterocycles. The van der Waals surface area contributed by atoms with E-state index in [4.69, 9.17) is 30.5 Å². The van der Waals surface area contributed by atoms with Crippen LogP contribution in [0.25, 0.3) is 10.9 Å². The number of aliphatic hydroxyl groups excluding tert-OH is 2. The van der Waals surface area contributed by atoms with Crippen LogP contribution in [0.4, 0.5) is 4.79 Å². The highest BCUT2D eigenvalue weighted by Gasteiger charge is 2.26. The van der Waals surface area contributed by atoms with Crippen LogP contribution < -0.4 is 24.8 Å². The van der Waals surface area contributed by atoms with Gasteiger partial charge in [-0.2, -0.15) is 0 Å². The lowest BCUT2D eigenvalue weighted by Crippen LogP contribution is -2.43. The van der Waals surface area contributed by atoms with Crippen molar-refractivity contribution < 1.29 is 38.7 Å². The number of ether oxygens (including phenoxy) is 4. The van der Waals surface area contributed by atoms with Crippen molar-refractivity contribution in [3.05, 3.63) is 47.3 Å².